The summed E-state index contributed by atoms with van der Waals surface area (Å²) in [4.78, 5) is 31.5. The molecule has 10 nitrogen and oxygen atoms in total. The third kappa shape index (κ3) is 9.69. The summed E-state index contributed by atoms with van der Waals surface area (Å²) >= 11 is 0. The van der Waals surface area contributed by atoms with E-state index in [1.807, 2.05) is 6.07 Å². The predicted molar refractivity (Wildman–Crippen MR) is 191 cm³/mol. The maximum absolute atomic E-state index is 13.0. The van der Waals surface area contributed by atoms with Crippen molar-refractivity contribution < 1.29 is 38.1 Å². The quantitative estimate of drug-likeness (QED) is 0.110. The van der Waals surface area contributed by atoms with E-state index >= 15 is 0 Å². The number of hydrogen-bond donors (Lipinski definition) is 4. The number of hydrogen-bond acceptors (Lipinski definition) is 8. The first kappa shape index (κ1) is 36.5. The summed E-state index contributed by atoms with van der Waals surface area (Å²) in [5.41, 5.74) is 14.2. The lowest BCUT2D eigenvalue weighted by atomic mass is 10.0. The van der Waals surface area contributed by atoms with Crippen LogP contribution in [0.5, 0.6) is 23.0 Å². The predicted octanol–water partition coefficient (Wildman–Crippen LogP) is 7.23. The van der Waals surface area contributed by atoms with Gasteiger partial charge in [-0.05, 0) is 108 Å². The highest BCUT2D eigenvalue weighted by Gasteiger charge is 2.15. The lowest BCUT2D eigenvalue weighted by molar-refractivity contribution is 0.0947. The second kappa shape index (κ2) is 16.8. The molecule has 0 aliphatic heterocycles. The Morgan fingerprint density at radius 2 is 1.13 bits per heavy atom. The number of aliphatic hydroxyl groups excluding tert-OH is 2. The maximum atomic E-state index is 13.0. The van der Waals surface area contributed by atoms with Gasteiger partial charge in [-0.25, -0.2) is 18.7 Å². The van der Waals surface area contributed by atoms with Gasteiger partial charge in [-0.3, -0.25) is 9.59 Å². The average molecular weight is 703 g/mol. The van der Waals surface area contributed by atoms with Crippen molar-refractivity contribution in [1.82, 2.24) is 9.97 Å². The summed E-state index contributed by atoms with van der Waals surface area (Å²) in [7, 11) is 0. The number of ether oxygens (including phenoxy) is 2. The number of aromatic nitrogens is 2. The molecule has 6 rings (SSSR count). The van der Waals surface area contributed by atoms with Gasteiger partial charge in [0, 0.05) is 11.1 Å². The molecule has 2 amide bonds. The van der Waals surface area contributed by atoms with Crippen LogP contribution in [0.3, 0.4) is 0 Å². The van der Waals surface area contributed by atoms with Crippen molar-refractivity contribution in [3.63, 3.8) is 0 Å². The molecule has 0 aliphatic rings. The molecule has 52 heavy (non-hydrogen) atoms. The smallest absolute Gasteiger partial charge is 0.267 e. The molecular formula is C40H32F2N4O6. The van der Waals surface area contributed by atoms with Gasteiger partial charge < -0.3 is 31.2 Å². The highest BCUT2D eigenvalue weighted by atomic mass is 19.1. The molecule has 1 atom stereocenters. The lowest BCUT2D eigenvalue weighted by Crippen LogP contribution is -2.15. The van der Waals surface area contributed by atoms with Gasteiger partial charge >= 0.3 is 0 Å². The Morgan fingerprint density at radius 3 is 1.58 bits per heavy atom. The number of halogens is 2. The molecule has 2 heterocycles. The number of nitrogens with zero attached hydrogens (tertiary/aromatic N) is 2. The number of nitrogens with two attached hydrogens (primary N) is 2. The van der Waals surface area contributed by atoms with Crippen LogP contribution in [0.25, 0.3) is 28.6 Å². The van der Waals surface area contributed by atoms with E-state index in [0.29, 0.717) is 45.5 Å². The number of rotatable bonds is 11. The Balaban J connectivity index is 0.000000202. The standard InChI is InChI=1S/C20H17FN2O4.C20H15FN2O2/c21-14-4-6-15(7-5-14)27-16-3-1-2-12(8-16)17-9-13(19(25)11-24)10-18(23-17)20(22)26;1-2-13-10-18(23-19(11-13)20(22)24)14-4-3-5-17(12-14)25-16-8-6-15(21)7-9-16/h1-10,19,24-25H,11H2,(H2,22,26);2-12H,1H2,(H2,22,24)/t19-;/m0./s1. The molecule has 2 aromatic heterocycles. The minimum absolute atomic E-state index is 0.0279. The summed E-state index contributed by atoms with van der Waals surface area (Å²) in [6.07, 6.45) is 0.458. The Kier molecular flexibility index (Phi) is 11.8. The number of primary amides is 2. The topological polar surface area (TPSA) is 171 Å². The van der Waals surface area contributed by atoms with Gasteiger partial charge in [-0.2, -0.15) is 0 Å². The van der Waals surface area contributed by atoms with Gasteiger partial charge in [0.05, 0.1) is 18.0 Å². The lowest BCUT2D eigenvalue weighted by Gasteiger charge is -2.12. The molecular weight excluding hydrogens is 670 g/mol. The van der Waals surface area contributed by atoms with Crippen LogP contribution in [0.15, 0.2) is 128 Å². The Bertz CT molecular complexity index is 2210. The van der Waals surface area contributed by atoms with Crippen LogP contribution in [0.4, 0.5) is 8.78 Å². The molecule has 262 valence electrons. The van der Waals surface area contributed by atoms with Crippen LogP contribution >= 0.6 is 0 Å². The van der Waals surface area contributed by atoms with Crippen LogP contribution in [0, 0.1) is 11.6 Å². The second-order valence-electron chi connectivity index (χ2n) is 11.1. The molecule has 6 N–H and O–H groups in total. The number of aliphatic hydroxyl groups is 2. The van der Waals surface area contributed by atoms with Crippen molar-refractivity contribution >= 4 is 17.9 Å². The third-order valence-corrected chi connectivity index (χ3v) is 7.35. The number of carbonyl (C=O) groups is 2. The number of amides is 2. The molecule has 6 aromatic rings. The van der Waals surface area contributed by atoms with Crippen LogP contribution in [0.2, 0.25) is 0 Å². The van der Waals surface area contributed by atoms with E-state index in [2.05, 4.69) is 16.5 Å². The maximum Gasteiger partial charge on any atom is 0.267 e. The third-order valence-electron chi connectivity index (χ3n) is 7.35. The summed E-state index contributed by atoms with van der Waals surface area (Å²) in [6, 6.07) is 31.7. The largest absolute Gasteiger partial charge is 0.457 e. The van der Waals surface area contributed by atoms with E-state index in [9.17, 15) is 28.6 Å². The molecule has 0 spiro atoms. The zero-order chi connectivity index (χ0) is 37.2. The fourth-order valence-electron chi connectivity index (χ4n) is 4.78. The molecule has 0 saturated carbocycles. The Morgan fingerprint density at radius 1 is 0.673 bits per heavy atom. The molecule has 0 fully saturated rings. The first-order valence-electron chi connectivity index (χ1n) is 15.6. The highest BCUT2D eigenvalue weighted by molar-refractivity contribution is 5.92. The van der Waals surface area contributed by atoms with E-state index in [-0.39, 0.29) is 23.0 Å². The van der Waals surface area contributed by atoms with E-state index < -0.39 is 24.5 Å². The van der Waals surface area contributed by atoms with E-state index in [4.69, 9.17) is 20.9 Å². The van der Waals surface area contributed by atoms with Crippen LogP contribution in [0.1, 0.15) is 38.2 Å². The normalized spacial score (nSPS) is 11.1. The SMILES string of the molecule is C=Cc1cc(C(N)=O)nc(-c2cccc(Oc3ccc(F)cc3)c2)c1.NC(=O)c1cc([C@@H](O)CO)cc(-c2cccc(Oc3ccc(F)cc3)c2)n1. The number of pyridine rings is 2. The van der Waals surface area contributed by atoms with E-state index in [0.717, 1.165) is 11.1 Å². The van der Waals surface area contributed by atoms with Gasteiger partial charge in [0.2, 0.25) is 0 Å². The summed E-state index contributed by atoms with van der Waals surface area (Å²) < 4.78 is 37.4. The second-order valence-corrected chi connectivity index (χ2v) is 11.1. The first-order valence-corrected chi connectivity index (χ1v) is 15.6. The van der Waals surface area contributed by atoms with Crippen LogP contribution in [-0.2, 0) is 0 Å². The highest BCUT2D eigenvalue weighted by Crippen LogP contribution is 2.30. The number of benzene rings is 4. The van der Waals surface area contributed by atoms with Crippen molar-refractivity contribution in [3.05, 3.63) is 162 Å². The molecule has 0 aliphatic carbocycles. The van der Waals surface area contributed by atoms with Gasteiger partial charge in [-0.15, -0.1) is 0 Å². The summed E-state index contributed by atoms with van der Waals surface area (Å²) in [5, 5.41) is 19.1. The molecule has 0 saturated heterocycles. The average Bonchev–Trinajstić information content (AvgIpc) is 3.16. The van der Waals surface area contributed by atoms with Gasteiger partial charge in [0.1, 0.15) is 52.1 Å². The molecule has 0 unspecified atom stereocenters. The number of carbonyl (C=O) groups excluding carboxylic acids is 2. The van der Waals surface area contributed by atoms with Crippen molar-refractivity contribution in [2.75, 3.05) is 6.61 Å². The zero-order valence-electron chi connectivity index (χ0n) is 27.4. The minimum Gasteiger partial charge on any atom is -0.457 e. The summed E-state index contributed by atoms with van der Waals surface area (Å²) in [5.74, 6) is -0.0205. The van der Waals surface area contributed by atoms with Crippen molar-refractivity contribution in [2.24, 2.45) is 11.5 Å². The van der Waals surface area contributed by atoms with Gasteiger partial charge in [-0.1, -0.05) is 36.9 Å². The summed E-state index contributed by atoms with van der Waals surface area (Å²) in [6.45, 7) is 3.21. The zero-order valence-corrected chi connectivity index (χ0v) is 27.4. The Hall–Kier alpha value is -6.76. The van der Waals surface area contributed by atoms with Crippen molar-refractivity contribution in [2.45, 2.75) is 6.10 Å². The Labute approximate surface area is 297 Å². The van der Waals surface area contributed by atoms with Gasteiger partial charge in [0.15, 0.2) is 0 Å². The fourth-order valence-corrected chi connectivity index (χ4v) is 4.78. The molecule has 0 bridgehead atoms. The first-order chi connectivity index (χ1) is 25.0. The molecule has 0 radical (unpaired) electrons. The monoisotopic (exact) mass is 702 g/mol. The molecule has 4 aromatic carbocycles. The van der Waals surface area contributed by atoms with Gasteiger partial charge in [0.25, 0.3) is 11.8 Å². The van der Waals surface area contributed by atoms with Crippen molar-refractivity contribution in [3.8, 4) is 45.5 Å². The van der Waals surface area contributed by atoms with Crippen LogP contribution < -0.4 is 20.9 Å². The minimum atomic E-state index is -1.16. The van der Waals surface area contributed by atoms with E-state index in [1.165, 1.54) is 42.5 Å². The molecule has 12 heteroatoms. The van der Waals surface area contributed by atoms with E-state index in [1.54, 1.807) is 78.9 Å². The van der Waals surface area contributed by atoms with Crippen LogP contribution in [-0.4, -0.2) is 38.6 Å². The van der Waals surface area contributed by atoms with Crippen molar-refractivity contribution in [1.29, 1.82) is 0 Å². The fraction of sp³-hybridized carbons (Fsp3) is 0.0500.